The van der Waals surface area contributed by atoms with Gasteiger partial charge in [0.05, 0.1) is 12.2 Å². The molecule has 0 aliphatic heterocycles. The van der Waals surface area contributed by atoms with Gasteiger partial charge in [0.1, 0.15) is 0 Å². The van der Waals surface area contributed by atoms with Crippen LogP contribution in [-0.4, -0.2) is 15.7 Å². The number of aromatic nitrogens is 2. The van der Waals surface area contributed by atoms with Crippen molar-refractivity contribution in [3.8, 4) is 0 Å². The standard InChI is InChI=1S/C15H21N3OS/c1-4-18-12(3)14(11(2)17-18)7-8-15(19)16-10-13-6-5-9-20-13/h5-6,9H,4,7-8,10H2,1-3H3,(H,16,19). The highest BCUT2D eigenvalue weighted by Crippen LogP contribution is 2.15. The van der Waals surface area contributed by atoms with Crippen LogP contribution in [0.3, 0.4) is 0 Å². The molecule has 20 heavy (non-hydrogen) atoms. The van der Waals surface area contributed by atoms with Crippen LogP contribution in [0.1, 0.15) is 35.2 Å². The van der Waals surface area contributed by atoms with E-state index in [4.69, 9.17) is 0 Å². The number of hydrogen-bond donors (Lipinski definition) is 1. The Bertz CT molecular complexity index is 572. The van der Waals surface area contributed by atoms with E-state index in [1.54, 1.807) is 11.3 Å². The zero-order chi connectivity index (χ0) is 14.5. The maximum atomic E-state index is 11.9. The van der Waals surface area contributed by atoms with E-state index < -0.39 is 0 Å². The smallest absolute Gasteiger partial charge is 0.220 e. The van der Waals surface area contributed by atoms with Crippen LogP contribution < -0.4 is 5.32 Å². The van der Waals surface area contributed by atoms with Crippen LogP contribution in [0.15, 0.2) is 17.5 Å². The van der Waals surface area contributed by atoms with Gasteiger partial charge < -0.3 is 5.32 Å². The molecular weight excluding hydrogens is 270 g/mol. The molecule has 0 spiro atoms. The SMILES string of the molecule is CCn1nc(C)c(CCC(=O)NCc2cccs2)c1C. The van der Waals surface area contributed by atoms with E-state index in [9.17, 15) is 4.79 Å². The van der Waals surface area contributed by atoms with Gasteiger partial charge >= 0.3 is 0 Å². The van der Waals surface area contributed by atoms with E-state index >= 15 is 0 Å². The molecule has 1 amide bonds. The predicted octanol–water partition coefficient (Wildman–Crippen LogP) is 2.83. The lowest BCUT2D eigenvalue weighted by Gasteiger charge is -2.05. The summed E-state index contributed by atoms with van der Waals surface area (Å²) in [6.07, 6.45) is 1.27. The van der Waals surface area contributed by atoms with Crippen LogP contribution in [0, 0.1) is 13.8 Å². The van der Waals surface area contributed by atoms with Gasteiger partial charge in [0, 0.05) is 23.5 Å². The average Bonchev–Trinajstić information content (AvgIpc) is 3.03. The second kappa shape index (κ2) is 6.70. The fraction of sp³-hybridized carbons (Fsp3) is 0.467. The van der Waals surface area contributed by atoms with Crippen molar-refractivity contribution in [1.82, 2.24) is 15.1 Å². The largest absolute Gasteiger partial charge is 0.351 e. The molecule has 108 valence electrons. The molecule has 5 heteroatoms. The zero-order valence-corrected chi connectivity index (χ0v) is 13.1. The van der Waals surface area contributed by atoms with Crippen molar-refractivity contribution in [2.24, 2.45) is 0 Å². The minimum absolute atomic E-state index is 0.0986. The highest BCUT2D eigenvalue weighted by Gasteiger charge is 2.12. The highest BCUT2D eigenvalue weighted by molar-refractivity contribution is 7.09. The van der Waals surface area contributed by atoms with E-state index in [1.807, 2.05) is 29.1 Å². The van der Waals surface area contributed by atoms with Crippen molar-refractivity contribution in [3.05, 3.63) is 39.3 Å². The second-order valence-electron chi connectivity index (χ2n) is 4.82. The fourth-order valence-electron chi connectivity index (χ4n) is 2.33. The van der Waals surface area contributed by atoms with Gasteiger partial charge in [0.25, 0.3) is 0 Å². The lowest BCUT2D eigenvalue weighted by molar-refractivity contribution is -0.121. The van der Waals surface area contributed by atoms with Gasteiger partial charge in [-0.1, -0.05) is 6.07 Å². The first-order chi connectivity index (χ1) is 9.61. The minimum atomic E-state index is 0.0986. The Morgan fingerprint density at radius 3 is 2.85 bits per heavy atom. The summed E-state index contributed by atoms with van der Waals surface area (Å²) in [5.41, 5.74) is 3.42. The Balaban J connectivity index is 1.85. The molecule has 0 fully saturated rings. The topological polar surface area (TPSA) is 46.9 Å². The van der Waals surface area contributed by atoms with Crippen LogP contribution in [0.2, 0.25) is 0 Å². The maximum Gasteiger partial charge on any atom is 0.220 e. The van der Waals surface area contributed by atoms with Crippen LogP contribution >= 0.6 is 11.3 Å². The number of amides is 1. The number of nitrogens with zero attached hydrogens (tertiary/aromatic N) is 2. The van der Waals surface area contributed by atoms with Gasteiger partial charge in [-0.3, -0.25) is 9.48 Å². The molecule has 0 aliphatic rings. The van der Waals surface area contributed by atoms with Gasteiger partial charge in [-0.25, -0.2) is 0 Å². The summed E-state index contributed by atoms with van der Waals surface area (Å²) in [5.74, 6) is 0.0986. The Labute approximate surface area is 123 Å². The van der Waals surface area contributed by atoms with E-state index in [2.05, 4.69) is 24.3 Å². The molecular formula is C15H21N3OS. The molecule has 2 aromatic heterocycles. The number of nitrogens with one attached hydrogen (secondary N) is 1. The lowest BCUT2D eigenvalue weighted by atomic mass is 10.1. The summed E-state index contributed by atoms with van der Waals surface area (Å²) in [6, 6.07) is 4.03. The third kappa shape index (κ3) is 3.48. The van der Waals surface area contributed by atoms with Crippen LogP contribution in [0.5, 0.6) is 0 Å². The number of hydrogen-bond acceptors (Lipinski definition) is 3. The van der Waals surface area contributed by atoms with E-state index in [0.717, 1.165) is 18.7 Å². The fourth-order valence-corrected chi connectivity index (χ4v) is 2.97. The summed E-state index contributed by atoms with van der Waals surface area (Å²) >= 11 is 1.66. The summed E-state index contributed by atoms with van der Waals surface area (Å²) in [7, 11) is 0. The number of aryl methyl sites for hydroxylation is 2. The number of thiophene rings is 1. The normalized spacial score (nSPS) is 10.8. The number of rotatable bonds is 6. The Morgan fingerprint density at radius 2 is 2.25 bits per heavy atom. The quantitative estimate of drug-likeness (QED) is 0.889. The molecule has 0 aliphatic carbocycles. The van der Waals surface area contributed by atoms with Crippen LogP contribution in [0.4, 0.5) is 0 Å². The van der Waals surface area contributed by atoms with Gasteiger partial charge in [0.2, 0.25) is 5.91 Å². The first-order valence-electron chi connectivity index (χ1n) is 6.93. The van der Waals surface area contributed by atoms with Crippen LogP contribution in [0.25, 0.3) is 0 Å². The molecule has 0 radical (unpaired) electrons. The zero-order valence-electron chi connectivity index (χ0n) is 12.3. The van der Waals surface area contributed by atoms with Gasteiger partial charge in [-0.15, -0.1) is 11.3 Å². The summed E-state index contributed by atoms with van der Waals surface area (Å²) < 4.78 is 1.99. The highest BCUT2D eigenvalue weighted by atomic mass is 32.1. The maximum absolute atomic E-state index is 11.9. The molecule has 0 unspecified atom stereocenters. The molecule has 0 atom stereocenters. The van der Waals surface area contributed by atoms with Crippen molar-refractivity contribution in [1.29, 1.82) is 0 Å². The summed E-state index contributed by atoms with van der Waals surface area (Å²) in [5, 5.41) is 9.46. The third-order valence-corrected chi connectivity index (χ3v) is 4.35. The monoisotopic (exact) mass is 291 g/mol. The van der Waals surface area contributed by atoms with E-state index in [0.29, 0.717) is 13.0 Å². The van der Waals surface area contributed by atoms with Crippen molar-refractivity contribution in [2.75, 3.05) is 0 Å². The molecule has 2 aromatic rings. The third-order valence-electron chi connectivity index (χ3n) is 3.47. The van der Waals surface area contributed by atoms with Gasteiger partial charge in [0.15, 0.2) is 0 Å². The van der Waals surface area contributed by atoms with Crippen molar-refractivity contribution in [3.63, 3.8) is 0 Å². The minimum Gasteiger partial charge on any atom is -0.351 e. The molecule has 4 nitrogen and oxygen atoms in total. The molecule has 0 aromatic carbocycles. The molecule has 2 rings (SSSR count). The Morgan fingerprint density at radius 1 is 1.45 bits per heavy atom. The second-order valence-corrected chi connectivity index (χ2v) is 5.85. The molecule has 2 heterocycles. The van der Waals surface area contributed by atoms with Crippen LogP contribution in [-0.2, 0) is 24.3 Å². The Hall–Kier alpha value is -1.62. The van der Waals surface area contributed by atoms with E-state index in [-0.39, 0.29) is 5.91 Å². The Kier molecular flexibility index (Phi) is 4.95. The number of carbonyl (C=O) groups excluding carboxylic acids is 1. The molecule has 0 saturated heterocycles. The first kappa shape index (κ1) is 14.8. The molecule has 0 bridgehead atoms. The summed E-state index contributed by atoms with van der Waals surface area (Å²) in [4.78, 5) is 13.1. The van der Waals surface area contributed by atoms with Crippen molar-refractivity contribution >= 4 is 17.2 Å². The van der Waals surface area contributed by atoms with E-state index in [1.165, 1.54) is 16.1 Å². The first-order valence-corrected chi connectivity index (χ1v) is 7.81. The average molecular weight is 291 g/mol. The summed E-state index contributed by atoms with van der Waals surface area (Å²) in [6.45, 7) is 7.66. The van der Waals surface area contributed by atoms with Crippen molar-refractivity contribution in [2.45, 2.75) is 46.7 Å². The molecule has 1 N–H and O–H groups in total. The predicted molar refractivity (Wildman–Crippen MR) is 81.9 cm³/mol. The molecule has 0 saturated carbocycles. The lowest BCUT2D eigenvalue weighted by Crippen LogP contribution is -2.22. The van der Waals surface area contributed by atoms with Gasteiger partial charge in [-0.05, 0) is 44.2 Å². The van der Waals surface area contributed by atoms with Crippen molar-refractivity contribution < 1.29 is 4.79 Å². The van der Waals surface area contributed by atoms with Gasteiger partial charge in [-0.2, -0.15) is 5.10 Å². The number of carbonyl (C=O) groups is 1.